The minimum Gasteiger partial charge on any atom is -0.382 e. The standard InChI is InChI=1S/C8H11N5/c1-12-3-2-7(11-12)4-13-5-8(9)10-6-13/h2-3,5-6H,4,9H2,1H3. The van der Waals surface area contributed by atoms with Crippen molar-refractivity contribution in [2.75, 3.05) is 5.73 Å². The van der Waals surface area contributed by atoms with Crippen molar-refractivity contribution < 1.29 is 0 Å². The van der Waals surface area contributed by atoms with Gasteiger partial charge in [0.05, 0.1) is 18.6 Å². The molecule has 0 aliphatic rings. The maximum Gasteiger partial charge on any atom is 0.141 e. The summed E-state index contributed by atoms with van der Waals surface area (Å²) in [6.45, 7) is 0.713. The molecule has 0 unspecified atom stereocenters. The number of nitrogens with zero attached hydrogens (tertiary/aromatic N) is 4. The van der Waals surface area contributed by atoms with Crippen LogP contribution in [0.15, 0.2) is 24.8 Å². The number of imidazole rings is 1. The minimum absolute atomic E-state index is 0.538. The third-order valence-electron chi connectivity index (χ3n) is 1.77. The first kappa shape index (κ1) is 7.85. The number of anilines is 1. The number of hydrogen-bond donors (Lipinski definition) is 1. The highest BCUT2D eigenvalue weighted by molar-refractivity contribution is 5.22. The fourth-order valence-corrected chi connectivity index (χ4v) is 1.20. The van der Waals surface area contributed by atoms with E-state index in [1.54, 1.807) is 17.2 Å². The molecule has 0 atom stereocenters. The maximum absolute atomic E-state index is 5.48. The van der Waals surface area contributed by atoms with Gasteiger partial charge in [0.15, 0.2) is 0 Å². The Morgan fingerprint density at radius 2 is 2.38 bits per heavy atom. The summed E-state index contributed by atoms with van der Waals surface area (Å²) in [5, 5.41) is 4.24. The van der Waals surface area contributed by atoms with Crippen molar-refractivity contribution in [2.24, 2.45) is 7.05 Å². The van der Waals surface area contributed by atoms with Gasteiger partial charge in [-0.3, -0.25) is 4.68 Å². The van der Waals surface area contributed by atoms with Crippen LogP contribution in [0, 0.1) is 0 Å². The molecule has 0 bridgehead atoms. The summed E-state index contributed by atoms with van der Waals surface area (Å²) in [6.07, 6.45) is 5.40. The highest BCUT2D eigenvalue weighted by Crippen LogP contribution is 2.01. The predicted octanol–water partition coefficient (Wildman–Crippen LogP) is 0.247. The average molecular weight is 177 g/mol. The minimum atomic E-state index is 0.538. The van der Waals surface area contributed by atoms with Gasteiger partial charge < -0.3 is 10.3 Å². The van der Waals surface area contributed by atoms with Gasteiger partial charge in [-0.2, -0.15) is 5.10 Å². The van der Waals surface area contributed by atoms with Crippen LogP contribution in [0.2, 0.25) is 0 Å². The summed E-state index contributed by atoms with van der Waals surface area (Å²) in [5.74, 6) is 0.538. The lowest BCUT2D eigenvalue weighted by atomic mass is 10.4. The van der Waals surface area contributed by atoms with E-state index >= 15 is 0 Å². The van der Waals surface area contributed by atoms with E-state index in [9.17, 15) is 0 Å². The lowest BCUT2D eigenvalue weighted by Gasteiger charge is -1.96. The van der Waals surface area contributed by atoms with Crippen molar-refractivity contribution in [1.29, 1.82) is 0 Å². The van der Waals surface area contributed by atoms with Crippen molar-refractivity contribution in [3.05, 3.63) is 30.5 Å². The van der Waals surface area contributed by atoms with Gasteiger partial charge in [0, 0.05) is 19.4 Å². The second-order valence-corrected chi connectivity index (χ2v) is 2.95. The van der Waals surface area contributed by atoms with Crippen molar-refractivity contribution in [1.82, 2.24) is 19.3 Å². The molecule has 0 amide bonds. The number of nitrogen functional groups attached to an aromatic ring is 1. The Balaban J connectivity index is 2.14. The van der Waals surface area contributed by atoms with E-state index in [1.165, 1.54) is 0 Å². The number of hydrogen-bond acceptors (Lipinski definition) is 3. The fraction of sp³-hybridized carbons (Fsp3) is 0.250. The molecule has 0 aromatic carbocycles. The monoisotopic (exact) mass is 177 g/mol. The lowest BCUT2D eigenvalue weighted by Crippen LogP contribution is -1.98. The van der Waals surface area contributed by atoms with Crippen LogP contribution in [0.1, 0.15) is 5.69 Å². The molecule has 0 saturated carbocycles. The van der Waals surface area contributed by atoms with Crippen molar-refractivity contribution in [3.63, 3.8) is 0 Å². The predicted molar refractivity (Wildman–Crippen MR) is 48.9 cm³/mol. The number of aromatic nitrogens is 4. The van der Waals surface area contributed by atoms with Crippen molar-refractivity contribution in [2.45, 2.75) is 6.54 Å². The van der Waals surface area contributed by atoms with Gasteiger partial charge in [-0.15, -0.1) is 0 Å². The number of aryl methyl sites for hydroxylation is 1. The third kappa shape index (κ3) is 1.69. The van der Waals surface area contributed by atoms with Crippen LogP contribution in [-0.2, 0) is 13.6 Å². The van der Waals surface area contributed by atoms with E-state index in [-0.39, 0.29) is 0 Å². The molecule has 2 aromatic heterocycles. The smallest absolute Gasteiger partial charge is 0.141 e. The van der Waals surface area contributed by atoms with Crippen LogP contribution >= 0.6 is 0 Å². The van der Waals surface area contributed by atoms with Crippen LogP contribution in [0.5, 0.6) is 0 Å². The molecule has 0 fully saturated rings. The molecule has 2 aromatic rings. The molecular formula is C8H11N5. The molecule has 0 saturated heterocycles. The molecule has 0 aliphatic carbocycles. The van der Waals surface area contributed by atoms with E-state index in [2.05, 4.69) is 10.1 Å². The van der Waals surface area contributed by atoms with Crippen LogP contribution in [0.25, 0.3) is 0 Å². The molecule has 5 nitrogen and oxygen atoms in total. The van der Waals surface area contributed by atoms with Crippen LogP contribution in [0.4, 0.5) is 5.82 Å². The van der Waals surface area contributed by atoms with E-state index in [4.69, 9.17) is 5.73 Å². The highest BCUT2D eigenvalue weighted by atomic mass is 15.3. The zero-order valence-corrected chi connectivity index (χ0v) is 7.38. The second-order valence-electron chi connectivity index (χ2n) is 2.95. The fourth-order valence-electron chi connectivity index (χ4n) is 1.20. The van der Waals surface area contributed by atoms with Gasteiger partial charge in [0.2, 0.25) is 0 Å². The van der Waals surface area contributed by atoms with E-state index in [1.807, 2.05) is 23.9 Å². The second kappa shape index (κ2) is 2.93. The molecule has 13 heavy (non-hydrogen) atoms. The van der Waals surface area contributed by atoms with Gasteiger partial charge >= 0.3 is 0 Å². The summed E-state index contributed by atoms with van der Waals surface area (Å²) in [4.78, 5) is 3.93. The van der Waals surface area contributed by atoms with Gasteiger partial charge in [0.1, 0.15) is 5.82 Å². The molecule has 0 spiro atoms. The summed E-state index contributed by atoms with van der Waals surface area (Å²) < 4.78 is 3.67. The van der Waals surface area contributed by atoms with Crippen LogP contribution in [-0.4, -0.2) is 19.3 Å². The van der Waals surface area contributed by atoms with Gasteiger partial charge in [-0.05, 0) is 6.07 Å². The van der Waals surface area contributed by atoms with Gasteiger partial charge in [-0.1, -0.05) is 0 Å². The molecular weight excluding hydrogens is 166 g/mol. The molecule has 2 N–H and O–H groups in total. The van der Waals surface area contributed by atoms with E-state index in [0.29, 0.717) is 12.4 Å². The molecule has 2 heterocycles. The SMILES string of the molecule is Cn1ccc(Cn2cnc(N)c2)n1. The zero-order valence-electron chi connectivity index (χ0n) is 7.38. The zero-order chi connectivity index (χ0) is 9.26. The van der Waals surface area contributed by atoms with Gasteiger partial charge in [-0.25, -0.2) is 4.98 Å². The third-order valence-corrected chi connectivity index (χ3v) is 1.77. The maximum atomic E-state index is 5.48. The largest absolute Gasteiger partial charge is 0.382 e. The Hall–Kier alpha value is -1.78. The number of nitrogens with two attached hydrogens (primary N) is 1. The van der Waals surface area contributed by atoms with Crippen molar-refractivity contribution >= 4 is 5.82 Å². The summed E-state index contributed by atoms with van der Waals surface area (Å²) in [6, 6.07) is 1.97. The molecule has 2 rings (SSSR count). The summed E-state index contributed by atoms with van der Waals surface area (Å²) >= 11 is 0. The molecule has 0 aliphatic heterocycles. The quantitative estimate of drug-likeness (QED) is 0.715. The first-order valence-corrected chi connectivity index (χ1v) is 4.00. The molecule has 68 valence electrons. The van der Waals surface area contributed by atoms with E-state index < -0.39 is 0 Å². The topological polar surface area (TPSA) is 61.7 Å². The van der Waals surface area contributed by atoms with Crippen molar-refractivity contribution in [3.8, 4) is 0 Å². The summed E-state index contributed by atoms with van der Waals surface area (Å²) in [7, 11) is 1.89. The first-order chi connectivity index (χ1) is 6.24. The summed E-state index contributed by atoms with van der Waals surface area (Å²) in [5.41, 5.74) is 6.48. The average Bonchev–Trinajstić information content (AvgIpc) is 2.62. The molecule has 0 radical (unpaired) electrons. The Morgan fingerprint density at radius 3 is 2.92 bits per heavy atom. The Morgan fingerprint density at radius 1 is 1.54 bits per heavy atom. The lowest BCUT2D eigenvalue weighted by molar-refractivity contribution is 0.706. The van der Waals surface area contributed by atoms with Gasteiger partial charge in [0.25, 0.3) is 0 Å². The van der Waals surface area contributed by atoms with E-state index in [0.717, 1.165) is 5.69 Å². The van der Waals surface area contributed by atoms with Crippen LogP contribution < -0.4 is 5.73 Å². The Labute approximate surface area is 75.8 Å². The Bertz CT molecular complexity index is 362. The number of rotatable bonds is 2. The molecule has 5 heteroatoms. The Kier molecular flexibility index (Phi) is 1.77. The normalized spacial score (nSPS) is 10.5. The highest BCUT2D eigenvalue weighted by Gasteiger charge is 1.98. The van der Waals surface area contributed by atoms with Crippen LogP contribution in [0.3, 0.4) is 0 Å². The first-order valence-electron chi connectivity index (χ1n) is 4.00.